The van der Waals surface area contributed by atoms with E-state index in [1.54, 1.807) is 48.7 Å². The smallest absolute Gasteiger partial charge is 0.263 e. The van der Waals surface area contributed by atoms with Crippen molar-refractivity contribution >= 4 is 17.3 Å². The van der Waals surface area contributed by atoms with Gasteiger partial charge in [-0.15, -0.1) is 0 Å². The van der Waals surface area contributed by atoms with Gasteiger partial charge in [-0.2, -0.15) is 0 Å². The number of aliphatic hydroxyl groups excluding tert-OH is 1. The van der Waals surface area contributed by atoms with Crippen LogP contribution in [0.4, 0.5) is 5.69 Å². The molecule has 1 aliphatic heterocycles. The lowest BCUT2D eigenvalue weighted by atomic mass is 10.1. The number of aliphatic hydroxyl groups is 1. The first kappa shape index (κ1) is 16.6. The Hall–Kier alpha value is -2.86. The number of carbonyl (C=O) groups excluding carboxylic acids is 1. The second-order valence-corrected chi connectivity index (χ2v) is 6.55. The normalized spacial score (nSPS) is 21.8. The quantitative estimate of drug-likeness (QED) is 0.916. The summed E-state index contributed by atoms with van der Waals surface area (Å²) in [5.74, 6) is 1.00. The van der Waals surface area contributed by atoms with Crippen molar-refractivity contribution in [3.05, 3.63) is 54.4 Å². The molecule has 6 nitrogen and oxygen atoms in total. The van der Waals surface area contributed by atoms with Gasteiger partial charge >= 0.3 is 0 Å². The molecular weight excluding hydrogens is 332 g/mol. The molecule has 1 aromatic heterocycles. The van der Waals surface area contributed by atoms with Crippen LogP contribution in [0.25, 0.3) is 5.70 Å². The van der Waals surface area contributed by atoms with Crippen molar-refractivity contribution in [1.29, 1.82) is 0 Å². The Kier molecular flexibility index (Phi) is 4.12. The number of anilines is 1. The van der Waals surface area contributed by atoms with Crippen LogP contribution in [0, 0.1) is 0 Å². The summed E-state index contributed by atoms with van der Waals surface area (Å²) in [7, 11) is 1.58. The molecule has 0 spiro atoms. The number of benzene rings is 1. The van der Waals surface area contributed by atoms with Gasteiger partial charge in [0.05, 0.1) is 30.2 Å². The van der Waals surface area contributed by atoms with Gasteiger partial charge < -0.3 is 14.6 Å². The van der Waals surface area contributed by atoms with Crippen molar-refractivity contribution in [2.45, 2.75) is 31.5 Å². The zero-order valence-electron chi connectivity index (χ0n) is 14.5. The van der Waals surface area contributed by atoms with Crippen molar-refractivity contribution in [1.82, 2.24) is 4.98 Å². The number of pyridine rings is 1. The number of aromatic nitrogens is 1. The third kappa shape index (κ3) is 2.72. The third-order valence-electron chi connectivity index (χ3n) is 4.89. The van der Waals surface area contributed by atoms with Crippen molar-refractivity contribution in [2.75, 3.05) is 12.0 Å². The van der Waals surface area contributed by atoms with Gasteiger partial charge in [-0.1, -0.05) is 6.58 Å². The molecule has 1 N–H and O–H groups in total. The molecule has 1 aromatic carbocycles. The Morgan fingerprint density at radius 3 is 2.77 bits per heavy atom. The maximum atomic E-state index is 12.8. The summed E-state index contributed by atoms with van der Waals surface area (Å²) >= 11 is 0. The summed E-state index contributed by atoms with van der Waals surface area (Å²) in [6, 6.07) is 7.06. The molecule has 2 unspecified atom stereocenters. The molecule has 0 saturated heterocycles. The van der Waals surface area contributed by atoms with E-state index in [-0.39, 0.29) is 18.1 Å². The lowest BCUT2D eigenvalue weighted by Crippen LogP contribution is -2.22. The number of hydrogen-bond donors (Lipinski definition) is 1. The van der Waals surface area contributed by atoms with E-state index in [2.05, 4.69) is 11.6 Å². The molecule has 0 bridgehead atoms. The van der Waals surface area contributed by atoms with Crippen LogP contribution in [0.15, 0.2) is 43.2 Å². The van der Waals surface area contributed by atoms with Gasteiger partial charge in [0.25, 0.3) is 5.91 Å². The fraction of sp³-hybridized carbons (Fsp3) is 0.300. The summed E-state index contributed by atoms with van der Waals surface area (Å²) in [5.41, 5.74) is 2.56. The second kappa shape index (κ2) is 6.46. The van der Waals surface area contributed by atoms with Gasteiger partial charge in [0.1, 0.15) is 6.10 Å². The molecular formula is C20H20N2O4. The first-order valence-electron chi connectivity index (χ1n) is 8.59. The molecule has 2 aliphatic rings. The Morgan fingerprint density at radius 1 is 1.23 bits per heavy atom. The lowest BCUT2D eigenvalue weighted by molar-refractivity contribution is 0.101. The van der Waals surface area contributed by atoms with Gasteiger partial charge in [-0.25, -0.2) is 0 Å². The molecule has 134 valence electrons. The molecule has 6 heteroatoms. The highest BCUT2D eigenvalue weighted by molar-refractivity contribution is 6.21. The van der Waals surface area contributed by atoms with Crippen LogP contribution in [-0.4, -0.2) is 35.3 Å². The minimum Gasteiger partial charge on any atom is -0.493 e. The Bertz CT molecular complexity index is 845. The molecule has 2 aromatic rings. The molecule has 0 radical (unpaired) electrons. The number of amides is 1. The van der Waals surface area contributed by atoms with Crippen molar-refractivity contribution in [2.24, 2.45) is 0 Å². The maximum Gasteiger partial charge on any atom is 0.263 e. The summed E-state index contributed by atoms with van der Waals surface area (Å²) in [6.07, 6.45) is 4.99. The Labute approximate surface area is 151 Å². The number of ether oxygens (including phenoxy) is 2. The molecule has 1 fully saturated rings. The molecule has 1 amide bonds. The molecule has 2 atom stereocenters. The van der Waals surface area contributed by atoms with E-state index < -0.39 is 0 Å². The summed E-state index contributed by atoms with van der Waals surface area (Å²) in [5, 5.41) is 9.72. The van der Waals surface area contributed by atoms with Crippen LogP contribution in [0.3, 0.4) is 0 Å². The molecule has 1 saturated carbocycles. The van der Waals surface area contributed by atoms with E-state index >= 15 is 0 Å². The van der Waals surface area contributed by atoms with Crippen LogP contribution in [-0.2, 0) is 0 Å². The number of fused-ring (bicyclic) bond motifs is 1. The molecule has 26 heavy (non-hydrogen) atoms. The van der Waals surface area contributed by atoms with E-state index in [1.165, 1.54) is 0 Å². The van der Waals surface area contributed by atoms with Crippen LogP contribution in [0.5, 0.6) is 11.5 Å². The number of hydrogen-bond acceptors (Lipinski definition) is 5. The monoisotopic (exact) mass is 352 g/mol. The SMILES string of the molecule is C=C1c2cnccc2C(=O)N1c1ccc(OC)c(OC2CCC(O)C2)c1. The zero-order chi connectivity index (χ0) is 18.3. The number of nitrogens with zero attached hydrogens (tertiary/aromatic N) is 2. The van der Waals surface area contributed by atoms with E-state index in [0.717, 1.165) is 18.4 Å². The zero-order valence-corrected chi connectivity index (χ0v) is 14.5. The largest absolute Gasteiger partial charge is 0.493 e. The average molecular weight is 352 g/mol. The van der Waals surface area contributed by atoms with Crippen LogP contribution >= 0.6 is 0 Å². The van der Waals surface area contributed by atoms with E-state index in [0.29, 0.717) is 34.9 Å². The third-order valence-corrected chi connectivity index (χ3v) is 4.89. The van der Waals surface area contributed by atoms with Crippen molar-refractivity contribution < 1.29 is 19.4 Å². The molecule has 4 rings (SSSR count). The lowest BCUT2D eigenvalue weighted by Gasteiger charge is -2.21. The van der Waals surface area contributed by atoms with Gasteiger partial charge in [0, 0.05) is 30.4 Å². The minimum absolute atomic E-state index is 0.0620. The predicted octanol–water partition coefficient (Wildman–Crippen LogP) is 3.01. The summed E-state index contributed by atoms with van der Waals surface area (Å²) in [4.78, 5) is 18.4. The molecule has 2 heterocycles. The van der Waals surface area contributed by atoms with Crippen molar-refractivity contribution in [3.63, 3.8) is 0 Å². The van der Waals surface area contributed by atoms with E-state index in [4.69, 9.17) is 9.47 Å². The summed E-state index contributed by atoms with van der Waals surface area (Å²) in [6.45, 7) is 4.05. The van der Waals surface area contributed by atoms with Crippen LogP contribution in [0.1, 0.15) is 35.2 Å². The maximum absolute atomic E-state index is 12.8. The molecule has 1 aliphatic carbocycles. The van der Waals surface area contributed by atoms with E-state index in [1.807, 2.05) is 0 Å². The summed E-state index contributed by atoms with van der Waals surface area (Å²) < 4.78 is 11.4. The topological polar surface area (TPSA) is 71.9 Å². The van der Waals surface area contributed by atoms with Crippen LogP contribution in [0.2, 0.25) is 0 Å². The fourth-order valence-corrected chi connectivity index (χ4v) is 3.55. The standard InChI is InChI=1S/C20H20N2O4/c1-12-17-11-21-8-7-16(17)20(24)22(12)13-3-6-18(25-2)19(9-13)26-15-5-4-14(23)10-15/h3,6-9,11,14-15,23H,1,4-5,10H2,2H3. The van der Waals surface area contributed by atoms with Gasteiger partial charge in [0.15, 0.2) is 11.5 Å². The van der Waals surface area contributed by atoms with Gasteiger partial charge in [-0.3, -0.25) is 14.7 Å². The minimum atomic E-state index is -0.323. The fourth-order valence-electron chi connectivity index (χ4n) is 3.55. The van der Waals surface area contributed by atoms with Gasteiger partial charge in [0.2, 0.25) is 0 Å². The second-order valence-electron chi connectivity index (χ2n) is 6.55. The highest BCUT2D eigenvalue weighted by atomic mass is 16.5. The van der Waals surface area contributed by atoms with E-state index in [9.17, 15) is 9.90 Å². The first-order chi connectivity index (χ1) is 12.6. The van der Waals surface area contributed by atoms with Crippen LogP contribution < -0.4 is 14.4 Å². The predicted molar refractivity (Wildman–Crippen MR) is 97.3 cm³/mol. The van der Waals surface area contributed by atoms with Crippen molar-refractivity contribution in [3.8, 4) is 11.5 Å². The Morgan fingerprint density at radius 2 is 2.08 bits per heavy atom. The highest BCUT2D eigenvalue weighted by Crippen LogP contribution is 2.40. The number of rotatable bonds is 4. The Balaban J connectivity index is 1.67. The van der Waals surface area contributed by atoms with Gasteiger partial charge in [-0.05, 0) is 31.0 Å². The number of carbonyl (C=O) groups is 1. The average Bonchev–Trinajstić information content (AvgIpc) is 3.17. The highest BCUT2D eigenvalue weighted by Gasteiger charge is 2.33. The number of methoxy groups -OCH3 is 1. The first-order valence-corrected chi connectivity index (χ1v) is 8.59.